The molecular weight excluding hydrogens is 308 g/mol. The second-order valence-corrected chi connectivity index (χ2v) is 7.18. The molecule has 2 aromatic rings. The predicted molar refractivity (Wildman–Crippen MR) is 91.9 cm³/mol. The fraction of sp³-hybridized carbons (Fsp3) is 0.471. The van der Waals surface area contributed by atoms with Gasteiger partial charge < -0.3 is 5.32 Å². The fourth-order valence-electron chi connectivity index (χ4n) is 2.52. The summed E-state index contributed by atoms with van der Waals surface area (Å²) in [7, 11) is 0. The van der Waals surface area contributed by atoms with E-state index in [4.69, 9.17) is 0 Å². The van der Waals surface area contributed by atoms with E-state index in [9.17, 15) is 4.79 Å². The summed E-state index contributed by atoms with van der Waals surface area (Å²) in [5, 5.41) is 11.9. The molecule has 1 amide bonds. The summed E-state index contributed by atoms with van der Waals surface area (Å²) in [6.07, 6.45) is 4.16. The van der Waals surface area contributed by atoms with Crippen molar-refractivity contribution in [3.05, 3.63) is 35.7 Å². The molecule has 1 heterocycles. The highest BCUT2D eigenvalue weighted by atomic mass is 32.2. The lowest BCUT2D eigenvalue weighted by atomic mass is 10.1. The van der Waals surface area contributed by atoms with E-state index < -0.39 is 0 Å². The number of carbonyl (C=O) groups excluding carboxylic acids is 1. The number of hydrogen-bond acceptors (Lipinski definition) is 4. The van der Waals surface area contributed by atoms with Crippen LogP contribution in [0, 0.1) is 19.8 Å². The van der Waals surface area contributed by atoms with Crippen LogP contribution >= 0.6 is 11.8 Å². The minimum Gasteiger partial charge on any atom is -0.353 e. The second kappa shape index (κ2) is 6.74. The minimum atomic E-state index is 0.0593. The standard InChI is InChI=1S/C17H22N4OS/c1-11-4-7-15(8-12(11)2)21-10-18-20-17(21)23-9-16(22)19-13(3)14-5-6-14/h4,7-8,10,13-14H,5-6,9H2,1-3H3,(H,19,22). The minimum absolute atomic E-state index is 0.0593. The van der Waals surface area contributed by atoms with Crippen LogP contribution in [0.3, 0.4) is 0 Å². The summed E-state index contributed by atoms with van der Waals surface area (Å²) in [5.74, 6) is 1.09. The molecule has 0 bridgehead atoms. The lowest BCUT2D eigenvalue weighted by Crippen LogP contribution is -2.35. The first-order chi connectivity index (χ1) is 11.0. The maximum Gasteiger partial charge on any atom is 0.230 e. The summed E-state index contributed by atoms with van der Waals surface area (Å²) in [6.45, 7) is 6.26. The highest BCUT2D eigenvalue weighted by molar-refractivity contribution is 7.99. The Hall–Kier alpha value is -1.82. The second-order valence-electron chi connectivity index (χ2n) is 6.23. The van der Waals surface area contributed by atoms with E-state index in [1.54, 1.807) is 6.33 Å². The number of amides is 1. The number of aryl methyl sites for hydroxylation is 2. The molecule has 0 spiro atoms. The maximum absolute atomic E-state index is 12.0. The summed E-state index contributed by atoms with van der Waals surface area (Å²) in [5.41, 5.74) is 3.50. The summed E-state index contributed by atoms with van der Waals surface area (Å²) in [6, 6.07) is 6.52. The molecule has 1 aliphatic carbocycles. The van der Waals surface area contributed by atoms with Crippen LogP contribution in [-0.2, 0) is 4.79 Å². The highest BCUT2D eigenvalue weighted by Crippen LogP contribution is 2.32. The number of nitrogens with one attached hydrogen (secondary N) is 1. The van der Waals surface area contributed by atoms with E-state index in [-0.39, 0.29) is 11.9 Å². The van der Waals surface area contributed by atoms with Crippen molar-refractivity contribution in [2.75, 3.05) is 5.75 Å². The molecule has 1 aromatic carbocycles. The predicted octanol–water partition coefficient (Wildman–Crippen LogP) is 2.89. The Kier molecular flexibility index (Phi) is 4.71. The third-order valence-electron chi connectivity index (χ3n) is 4.34. The van der Waals surface area contributed by atoms with Crippen LogP contribution in [0.5, 0.6) is 0 Å². The van der Waals surface area contributed by atoms with Gasteiger partial charge in [0, 0.05) is 11.7 Å². The Morgan fingerprint density at radius 1 is 1.39 bits per heavy atom. The zero-order chi connectivity index (χ0) is 16.4. The van der Waals surface area contributed by atoms with Gasteiger partial charge in [-0.15, -0.1) is 10.2 Å². The molecule has 1 fully saturated rings. The van der Waals surface area contributed by atoms with Crippen LogP contribution in [0.1, 0.15) is 30.9 Å². The third kappa shape index (κ3) is 3.93. The highest BCUT2D eigenvalue weighted by Gasteiger charge is 2.28. The van der Waals surface area contributed by atoms with E-state index in [1.165, 1.54) is 35.7 Å². The smallest absolute Gasteiger partial charge is 0.230 e. The Balaban J connectivity index is 1.63. The Labute approximate surface area is 140 Å². The van der Waals surface area contributed by atoms with Crippen LogP contribution < -0.4 is 5.32 Å². The largest absolute Gasteiger partial charge is 0.353 e. The van der Waals surface area contributed by atoms with Gasteiger partial charge in [0.1, 0.15) is 6.33 Å². The van der Waals surface area contributed by atoms with Crippen molar-refractivity contribution in [1.82, 2.24) is 20.1 Å². The molecule has 122 valence electrons. The van der Waals surface area contributed by atoms with Gasteiger partial charge in [0.2, 0.25) is 5.91 Å². The Bertz CT molecular complexity index is 708. The molecule has 1 aliphatic rings. The number of aromatic nitrogens is 3. The first-order valence-electron chi connectivity index (χ1n) is 7.94. The Morgan fingerprint density at radius 2 is 2.17 bits per heavy atom. The zero-order valence-corrected chi connectivity index (χ0v) is 14.6. The lowest BCUT2D eigenvalue weighted by molar-refractivity contribution is -0.119. The number of carbonyl (C=O) groups is 1. The van der Waals surface area contributed by atoms with Crippen molar-refractivity contribution in [3.63, 3.8) is 0 Å². The van der Waals surface area contributed by atoms with Gasteiger partial charge in [-0.2, -0.15) is 0 Å². The molecule has 1 atom stereocenters. The van der Waals surface area contributed by atoms with Gasteiger partial charge >= 0.3 is 0 Å². The van der Waals surface area contributed by atoms with E-state index in [0.717, 1.165) is 10.8 Å². The van der Waals surface area contributed by atoms with Crippen molar-refractivity contribution in [3.8, 4) is 5.69 Å². The zero-order valence-electron chi connectivity index (χ0n) is 13.7. The summed E-state index contributed by atoms with van der Waals surface area (Å²) >= 11 is 1.42. The van der Waals surface area contributed by atoms with E-state index in [2.05, 4.69) is 48.4 Å². The SMILES string of the molecule is Cc1ccc(-n2cnnc2SCC(=O)NC(C)C2CC2)cc1C. The normalized spacial score (nSPS) is 15.4. The molecule has 1 saturated carbocycles. The number of benzene rings is 1. The lowest BCUT2D eigenvalue weighted by Gasteiger charge is -2.12. The molecule has 1 N–H and O–H groups in total. The molecule has 3 rings (SSSR count). The van der Waals surface area contributed by atoms with E-state index in [1.807, 2.05) is 10.6 Å². The molecule has 1 unspecified atom stereocenters. The molecule has 1 aromatic heterocycles. The molecule has 5 nitrogen and oxygen atoms in total. The van der Waals surface area contributed by atoms with Crippen molar-refractivity contribution >= 4 is 17.7 Å². The van der Waals surface area contributed by atoms with Crippen molar-refractivity contribution in [2.24, 2.45) is 5.92 Å². The van der Waals surface area contributed by atoms with Crippen molar-refractivity contribution in [2.45, 2.75) is 44.8 Å². The first kappa shape index (κ1) is 16.1. The van der Waals surface area contributed by atoms with E-state index >= 15 is 0 Å². The van der Waals surface area contributed by atoms with Gasteiger partial charge in [-0.3, -0.25) is 9.36 Å². The van der Waals surface area contributed by atoms with Gasteiger partial charge in [-0.1, -0.05) is 17.8 Å². The van der Waals surface area contributed by atoms with Crippen LogP contribution in [-0.4, -0.2) is 32.5 Å². The molecule has 0 saturated heterocycles. The van der Waals surface area contributed by atoms with Crippen LogP contribution in [0.15, 0.2) is 29.7 Å². The Morgan fingerprint density at radius 3 is 2.87 bits per heavy atom. The number of nitrogens with zero attached hydrogens (tertiary/aromatic N) is 3. The van der Waals surface area contributed by atoms with Gasteiger partial charge in [0.25, 0.3) is 0 Å². The average Bonchev–Trinajstić information content (AvgIpc) is 3.27. The molecule has 6 heteroatoms. The van der Waals surface area contributed by atoms with Gasteiger partial charge in [0.05, 0.1) is 5.75 Å². The number of hydrogen-bond donors (Lipinski definition) is 1. The molecule has 23 heavy (non-hydrogen) atoms. The van der Waals surface area contributed by atoms with Crippen LogP contribution in [0.2, 0.25) is 0 Å². The van der Waals surface area contributed by atoms with Gasteiger partial charge in [-0.05, 0) is 62.8 Å². The van der Waals surface area contributed by atoms with Gasteiger partial charge in [-0.25, -0.2) is 0 Å². The summed E-state index contributed by atoms with van der Waals surface area (Å²) in [4.78, 5) is 12.0. The quantitative estimate of drug-likeness (QED) is 0.827. The number of rotatable bonds is 6. The maximum atomic E-state index is 12.0. The average molecular weight is 330 g/mol. The van der Waals surface area contributed by atoms with Crippen LogP contribution in [0.4, 0.5) is 0 Å². The number of thioether (sulfide) groups is 1. The van der Waals surface area contributed by atoms with Gasteiger partial charge in [0.15, 0.2) is 5.16 Å². The summed E-state index contributed by atoms with van der Waals surface area (Å²) < 4.78 is 1.93. The molecular formula is C17H22N4OS. The monoisotopic (exact) mass is 330 g/mol. The topological polar surface area (TPSA) is 59.8 Å². The molecule has 0 radical (unpaired) electrons. The molecule has 0 aliphatic heterocycles. The van der Waals surface area contributed by atoms with Crippen LogP contribution in [0.25, 0.3) is 5.69 Å². The third-order valence-corrected chi connectivity index (χ3v) is 5.28. The van der Waals surface area contributed by atoms with Crippen molar-refractivity contribution in [1.29, 1.82) is 0 Å². The van der Waals surface area contributed by atoms with Crippen molar-refractivity contribution < 1.29 is 4.79 Å². The first-order valence-corrected chi connectivity index (χ1v) is 8.93. The van der Waals surface area contributed by atoms with E-state index in [0.29, 0.717) is 11.7 Å². The fourth-order valence-corrected chi connectivity index (χ4v) is 3.26.